The van der Waals surface area contributed by atoms with Crippen molar-refractivity contribution in [2.45, 2.75) is 6.92 Å². The first-order valence-corrected chi connectivity index (χ1v) is 7.85. The maximum atomic E-state index is 12.5. The zero-order valence-electron chi connectivity index (χ0n) is 11.7. The molecule has 1 heterocycles. The molecule has 110 valence electrons. The lowest BCUT2D eigenvalue weighted by molar-refractivity contribution is 0.102. The third-order valence-corrected chi connectivity index (χ3v) is 4.54. The molecule has 0 aliphatic carbocycles. The number of carbonyl (C=O) groups is 1. The van der Waals surface area contributed by atoms with E-state index in [4.69, 9.17) is 11.6 Å². The van der Waals surface area contributed by atoms with Crippen LogP contribution in [0.4, 0.5) is 5.82 Å². The van der Waals surface area contributed by atoms with Crippen LogP contribution in [0.25, 0.3) is 10.8 Å². The first-order valence-electron chi connectivity index (χ1n) is 6.68. The van der Waals surface area contributed by atoms with Gasteiger partial charge in [0.15, 0.2) is 0 Å². The van der Waals surface area contributed by atoms with Gasteiger partial charge in [-0.3, -0.25) is 4.79 Å². The van der Waals surface area contributed by atoms with Crippen molar-refractivity contribution in [2.24, 2.45) is 0 Å². The van der Waals surface area contributed by atoms with E-state index in [0.29, 0.717) is 16.4 Å². The fourth-order valence-electron chi connectivity index (χ4n) is 2.27. The van der Waals surface area contributed by atoms with Crippen LogP contribution in [-0.4, -0.2) is 10.9 Å². The average Bonchev–Trinajstić information content (AvgIpc) is 2.51. The predicted molar refractivity (Wildman–Crippen MR) is 93.6 cm³/mol. The molecule has 1 N–H and O–H groups in total. The molecule has 0 fully saturated rings. The third-order valence-electron chi connectivity index (χ3n) is 3.38. The molecule has 0 unspecified atom stereocenters. The van der Waals surface area contributed by atoms with Gasteiger partial charge >= 0.3 is 0 Å². The number of amides is 1. The molecule has 0 saturated heterocycles. The van der Waals surface area contributed by atoms with Gasteiger partial charge in [-0.1, -0.05) is 35.9 Å². The Balaban J connectivity index is 1.99. The van der Waals surface area contributed by atoms with Gasteiger partial charge in [0.1, 0.15) is 5.82 Å². The number of nitrogens with zero attached hydrogens (tertiary/aromatic N) is 1. The minimum absolute atomic E-state index is 0.206. The van der Waals surface area contributed by atoms with Crippen LogP contribution in [0.5, 0.6) is 0 Å². The summed E-state index contributed by atoms with van der Waals surface area (Å²) < 4.78 is 0.905. The summed E-state index contributed by atoms with van der Waals surface area (Å²) in [5.74, 6) is 0.312. The molecule has 0 saturated carbocycles. The van der Waals surface area contributed by atoms with Gasteiger partial charge in [0.05, 0.1) is 5.69 Å². The van der Waals surface area contributed by atoms with Crippen molar-refractivity contribution < 1.29 is 4.79 Å². The maximum Gasteiger partial charge on any atom is 0.257 e. The lowest BCUT2D eigenvalue weighted by atomic mass is 10.0. The minimum Gasteiger partial charge on any atom is -0.307 e. The summed E-state index contributed by atoms with van der Waals surface area (Å²) in [5, 5.41) is 5.13. The summed E-state index contributed by atoms with van der Waals surface area (Å²) in [5.41, 5.74) is 1.39. The number of aryl methyl sites for hydroxylation is 1. The van der Waals surface area contributed by atoms with Crippen molar-refractivity contribution in [1.82, 2.24) is 4.98 Å². The fraction of sp³-hybridized carbons (Fsp3) is 0.0588. The van der Waals surface area contributed by atoms with Crippen LogP contribution in [0.3, 0.4) is 0 Å². The summed E-state index contributed by atoms with van der Waals surface area (Å²) in [6.45, 7) is 1.87. The SMILES string of the molecule is Cc1nc(NC(=O)c2cccc3c(Cl)cccc23)ccc1Br. The largest absolute Gasteiger partial charge is 0.307 e. The summed E-state index contributed by atoms with van der Waals surface area (Å²) in [4.78, 5) is 16.9. The van der Waals surface area contributed by atoms with E-state index in [1.165, 1.54) is 0 Å². The Labute approximate surface area is 141 Å². The van der Waals surface area contributed by atoms with E-state index in [1.807, 2.05) is 43.3 Å². The molecule has 1 aromatic heterocycles. The molecular formula is C17H12BrClN2O. The van der Waals surface area contributed by atoms with Gasteiger partial charge in [-0.05, 0) is 52.5 Å². The zero-order chi connectivity index (χ0) is 15.7. The number of fused-ring (bicyclic) bond motifs is 1. The number of rotatable bonds is 2. The Kier molecular flexibility index (Phi) is 4.14. The van der Waals surface area contributed by atoms with Gasteiger partial charge in [-0.15, -0.1) is 0 Å². The van der Waals surface area contributed by atoms with E-state index in [2.05, 4.69) is 26.2 Å². The van der Waals surface area contributed by atoms with Crippen LogP contribution < -0.4 is 5.32 Å². The number of hydrogen-bond donors (Lipinski definition) is 1. The smallest absolute Gasteiger partial charge is 0.257 e. The van der Waals surface area contributed by atoms with E-state index in [1.54, 1.807) is 12.1 Å². The lowest BCUT2D eigenvalue weighted by Gasteiger charge is -2.09. The molecule has 0 spiro atoms. The summed E-state index contributed by atoms with van der Waals surface area (Å²) in [6.07, 6.45) is 0. The Morgan fingerprint density at radius 2 is 1.82 bits per heavy atom. The molecule has 22 heavy (non-hydrogen) atoms. The van der Waals surface area contributed by atoms with Crippen molar-refractivity contribution in [1.29, 1.82) is 0 Å². The van der Waals surface area contributed by atoms with Gasteiger partial charge in [0, 0.05) is 20.4 Å². The average molecular weight is 376 g/mol. The monoisotopic (exact) mass is 374 g/mol. The van der Waals surface area contributed by atoms with Crippen LogP contribution in [0.2, 0.25) is 5.02 Å². The van der Waals surface area contributed by atoms with Crippen LogP contribution in [0, 0.1) is 6.92 Å². The molecule has 1 amide bonds. The van der Waals surface area contributed by atoms with E-state index in [-0.39, 0.29) is 5.91 Å². The van der Waals surface area contributed by atoms with Gasteiger partial charge in [-0.2, -0.15) is 0 Å². The van der Waals surface area contributed by atoms with Crippen molar-refractivity contribution in [3.8, 4) is 0 Å². The van der Waals surface area contributed by atoms with Crippen LogP contribution in [-0.2, 0) is 0 Å². The highest BCUT2D eigenvalue weighted by Gasteiger charge is 2.12. The molecule has 2 aromatic carbocycles. The van der Waals surface area contributed by atoms with Crippen molar-refractivity contribution in [3.63, 3.8) is 0 Å². The molecular weight excluding hydrogens is 364 g/mol. The second kappa shape index (κ2) is 6.07. The predicted octanol–water partition coefficient (Wildman–Crippen LogP) is 5.21. The van der Waals surface area contributed by atoms with Crippen LogP contribution in [0.1, 0.15) is 16.1 Å². The number of aromatic nitrogens is 1. The van der Waals surface area contributed by atoms with Gasteiger partial charge in [-0.25, -0.2) is 4.98 Å². The quantitative estimate of drug-likeness (QED) is 0.668. The van der Waals surface area contributed by atoms with E-state index >= 15 is 0 Å². The number of nitrogens with one attached hydrogen (secondary N) is 1. The molecule has 0 aliphatic heterocycles. The molecule has 0 atom stereocenters. The zero-order valence-corrected chi connectivity index (χ0v) is 14.1. The fourth-order valence-corrected chi connectivity index (χ4v) is 2.73. The lowest BCUT2D eigenvalue weighted by Crippen LogP contribution is -2.13. The number of halogens is 2. The Hall–Kier alpha value is -1.91. The Morgan fingerprint density at radius 1 is 1.09 bits per heavy atom. The van der Waals surface area contributed by atoms with Crippen molar-refractivity contribution in [2.75, 3.05) is 5.32 Å². The minimum atomic E-state index is -0.206. The topological polar surface area (TPSA) is 42.0 Å². The van der Waals surface area contributed by atoms with Gasteiger partial charge in [0.25, 0.3) is 5.91 Å². The molecule has 3 aromatic rings. The molecule has 0 bridgehead atoms. The van der Waals surface area contributed by atoms with Crippen molar-refractivity contribution in [3.05, 3.63) is 69.3 Å². The summed E-state index contributed by atoms with van der Waals surface area (Å²) in [7, 11) is 0. The standard InChI is InChI=1S/C17H12BrClN2O/c1-10-14(18)8-9-16(20-10)21-17(22)13-6-2-5-12-11(13)4-3-7-15(12)19/h2-9H,1H3,(H,20,21,22). The molecule has 3 nitrogen and oxygen atoms in total. The number of carbonyl (C=O) groups excluding carboxylic acids is 1. The number of anilines is 1. The second-order valence-electron chi connectivity index (χ2n) is 4.86. The van der Waals surface area contributed by atoms with E-state index < -0.39 is 0 Å². The van der Waals surface area contributed by atoms with Crippen LogP contribution in [0.15, 0.2) is 53.0 Å². The van der Waals surface area contributed by atoms with Crippen LogP contribution >= 0.6 is 27.5 Å². The van der Waals surface area contributed by atoms with E-state index in [0.717, 1.165) is 20.9 Å². The molecule has 0 aliphatic rings. The van der Waals surface area contributed by atoms with Crippen molar-refractivity contribution >= 4 is 50.0 Å². The number of benzene rings is 2. The number of hydrogen-bond acceptors (Lipinski definition) is 2. The van der Waals surface area contributed by atoms with E-state index in [9.17, 15) is 4.79 Å². The highest BCUT2D eigenvalue weighted by atomic mass is 79.9. The second-order valence-corrected chi connectivity index (χ2v) is 6.12. The van der Waals surface area contributed by atoms with Gasteiger partial charge in [0.2, 0.25) is 0 Å². The Bertz CT molecular complexity index is 880. The normalized spacial score (nSPS) is 10.7. The highest BCUT2D eigenvalue weighted by molar-refractivity contribution is 9.10. The molecule has 5 heteroatoms. The first kappa shape index (κ1) is 15.0. The molecule has 3 rings (SSSR count). The summed E-state index contributed by atoms with van der Waals surface area (Å²) in [6, 6.07) is 14.6. The highest BCUT2D eigenvalue weighted by Crippen LogP contribution is 2.26. The third kappa shape index (κ3) is 2.85. The number of pyridine rings is 1. The Morgan fingerprint density at radius 3 is 2.59 bits per heavy atom. The maximum absolute atomic E-state index is 12.5. The first-order chi connectivity index (χ1) is 10.6. The molecule has 0 radical (unpaired) electrons. The van der Waals surface area contributed by atoms with Gasteiger partial charge < -0.3 is 5.32 Å². The summed E-state index contributed by atoms with van der Waals surface area (Å²) >= 11 is 9.57.